The lowest BCUT2D eigenvalue weighted by atomic mass is 9.89. The molecule has 1 amide bonds. The molecule has 124 valence electrons. The van der Waals surface area contributed by atoms with Gasteiger partial charge in [-0.3, -0.25) is 9.59 Å². The standard InChI is InChI=1S/C18H19N3O2S/c1-11-5-6-13-14(9-19)17(24-15(13)8-11)20-16(22)10-21-7-3-4-12(2)18(21)23/h3-4,7,11H,5-6,8,10H2,1-2H3,(H,20,22). The average Bonchev–Trinajstić information content (AvgIpc) is 2.87. The largest absolute Gasteiger partial charge is 0.315 e. The number of rotatable bonds is 3. The highest BCUT2D eigenvalue weighted by atomic mass is 32.1. The Labute approximate surface area is 144 Å². The van der Waals surface area contributed by atoms with Crippen LogP contribution in [-0.4, -0.2) is 10.5 Å². The number of thiophene rings is 1. The summed E-state index contributed by atoms with van der Waals surface area (Å²) in [6.45, 7) is 3.88. The summed E-state index contributed by atoms with van der Waals surface area (Å²) in [5, 5.41) is 12.9. The molecule has 2 aromatic heterocycles. The molecule has 1 atom stereocenters. The zero-order valence-corrected chi connectivity index (χ0v) is 14.6. The first-order chi connectivity index (χ1) is 11.5. The molecule has 0 aromatic carbocycles. The summed E-state index contributed by atoms with van der Waals surface area (Å²) in [6.07, 6.45) is 4.52. The van der Waals surface area contributed by atoms with Gasteiger partial charge in [0.05, 0.1) is 5.56 Å². The lowest BCUT2D eigenvalue weighted by molar-refractivity contribution is -0.116. The fourth-order valence-corrected chi connectivity index (χ4v) is 4.44. The molecule has 0 aliphatic heterocycles. The van der Waals surface area contributed by atoms with Crippen LogP contribution in [0.4, 0.5) is 5.00 Å². The predicted molar refractivity (Wildman–Crippen MR) is 94.3 cm³/mol. The van der Waals surface area contributed by atoms with Crippen LogP contribution in [-0.2, 0) is 24.2 Å². The van der Waals surface area contributed by atoms with Crippen LogP contribution in [0.15, 0.2) is 23.1 Å². The molecule has 0 saturated heterocycles. The highest BCUT2D eigenvalue weighted by Crippen LogP contribution is 2.39. The van der Waals surface area contributed by atoms with Crippen LogP contribution in [0.5, 0.6) is 0 Å². The number of nitrogens with zero attached hydrogens (tertiary/aromatic N) is 2. The van der Waals surface area contributed by atoms with Crippen molar-refractivity contribution in [3.63, 3.8) is 0 Å². The maximum Gasteiger partial charge on any atom is 0.253 e. The Bertz CT molecular complexity index is 889. The van der Waals surface area contributed by atoms with Gasteiger partial charge in [0, 0.05) is 16.6 Å². The molecule has 3 rings (SSSR count). The van der Waals surface area contributed by atoms with E-state index in [4.69, 9.17) is 0 Å². The first kappa shape index (κ1) is 16.5. The van der Waals surface area contributed by atoms with Gasteiger partial charge in [-0.1, -0.05) is 13.0 Å². The first-order valence-corrected chi connectivity index (χ1v) is 8.81. The van der Waals surface area contributed by atoms with E-state index < -0.39 is 0 Å². The number of aryl methyl sites for hydroxylation is 1. The van der Waals surface area contributed by atoms with Gasteiger partial charge < -0.3 is 9.88 Å². The predicted octanol–water partition coefficient (Wildman–Crippen LogP) is 2.85. The van der Waals surface area contributed by atoms with Crippen molar-refractivity contribution >= 4 is 22.2 Å². The van der Waals surface area contributed by atoms with Crippen molar-refractivity contribution in [3.8, 4) is 6.07 Å². The number of carbonyl (C=O) groups excluding carboxylic acids is 1. The van der Waals surface area contributed by atoms with Crippen LogP contribution in [0.3, 0.4) is 0 Å². The van der Waals surface area contributed by atoms with Gasteiger partial charge in [-0.2, -0.15) is 5.26 Å². The monoisotopic (exact) mass is 341 g/mol. The minimum absolute atomic E-state index is 0.0512. The number of hydrogen-bond acceptors (Lipinski definition) is 4. The second kappa shape index (κ2) is 6.62. The maximum absolute atomic E-state index is 12.3. The highest BCUT2D eigenvalue weighted by molar-refractivity contribution is 7.16. The van der Waals surface area contributed by atoms with E-state index in [2.05, 4.69) is 18.3 Å². The van der Waals surface area contributed by atoms with Crippen molar-refractivity contribution in [2.24, 2.45) is 5.92 Å². The van der Waals surface area contributed by atoms with Gasteiger partial charge in [-0.05, 0) is 43.7 Å². The van der Waals surface area contributed by atoms with Crippen LogP contribution in [0.25, 0.3) is 0 Å². The van der Waals surface area contributed by atoms with Crippen molar-refractivity contribution in [2.75, 3.05) is 5.32 Å². The number of hydrogen-bond donors (Lipinski definition) is 1. The number of aromatic nitrogens is 1. The summed E-state index contributed by atoms with van der Waals surface area (Å²) in [6, 6.07) is 5.70. The molecule has 0 saturated carbocycles. The van der Waals surface area contributed by atoms with Crippen molar-refractivity contribution in [2.45, 2.75) is 39.7 Å². The quantitative estimate of drug-likeness (QED) is 0.933. The van der Waals surface area contributed by atoms with Gasteiger partial charge in [-0.15, -0.1) is 11.3 Å². The summed E-state index contributed by atoms with van der Waals surface area (Å²) in [4.78, 5) is 25.5. The number of nitrogens with one attached hydrogen (secondary N) is 1. The Balaban J connectivity index is 1.81. The van der Waals surface area contributed by atoms with E-state index in [0.29, 0.717) is 22.0 Å². The topological polar surface area (TPSA) is 74.9 Å². The smallest absolute Gasteiger partial charge is 0.253 e. The van der Waals surface area contributed by atoms with Crippen LogP contribution in [0.1, 0.15) is 34.9 Å². The third kappa shape index (κ3) is 3.13. The molecule has 0 bridgehead atoms. The molecule has 5 nitrogen and oxygen atoms in total. The summed E-state index contributed by atoms with van der Waals surface area (Å²) >= 11 is 1.49. The second-order valence-electron chi connectivity index (χ2n) is 6.34. The van der Waals surface area contributed by atoms with E-state index in [-0.39, 0.29) is 18.0 Å². The van der Waals surface area contributed by atoms with Crippen molar-refractivity contribution in [3.05, 3.63) is 50.3 Å². The van der Waals surface area contributed by atoms with Gasteiger partial charge in [0.1, 0.15) is 17.6 Å². The van der Waals surface area contributed by atoms with E-state index >= 15 is 0 Å². The molecule has 1 aliphatic rings. The molecular formula is C18H19N3O2S. The number of pyridine rings is 1. The van der Waals surface area contributed by atoms with Gasteiger partial charge in [0.15, 0.2) is 0 Å². The van der Waals surface area contributed by atoms with Gasteiger partial charge in [0.25, 0.3) is 5.56 Å². The Morgan fingerprint density at radius 2 is 2.33 bits per heavy atom. The van der Waals surface area contributed by atoms with E-state index in [9.17, 15) is 14.9 Å². The molecule has 0 radical (unpaired) electrons. The van der Waals surface area contributed by atoms with Crippen molar-refractivity contribution in [1.82, 2.24) is 4.57 Å². The van der Waals surface area contributed by atoms with Gasteiger partial charge in [0.2, 0.25) is 5.91 Å². The van der Waals surface area contributed by atoms with E-state index in [1.807, 2.05) is 0 Å². The lowest BCUT2D eigenvalue weighted by Crippen LogP contribution is -2.28. The molecule has 2 heterocycles. The Morgan fingerprint density at radius 1 is 1.54 bits per heavy atom. The third-order valence-corrected chi connectivity index (χ3v) is 5.57. The molecule has 0 fully saturated rings. The Kier molecular flexibility index (Phi) is 4.54. The molecule has 24 heavy (non-hydrogen) atoms. The molecule has 1 unspecified atom stereocenters. The van der Waals surface area contributed by atoms with E-state index in [0.717, 1.165) is 24.8 Å². The summed E-state index contributed by atoms with van der Waals surface area (Å²) in [5.41, 5.74) is 2.10. The fourth-order valence-electron chi connectivity index (χ4n) is 3.06. The zero-order valence-electron chi connectivity index (χ0n) is 13.8. The first-order valence-electron chi connectivity index (χ1n) is 8.00. The van der Waals surface area contributed by atoms with Crippen molar-refractivity contribution < 1.29 is 4.79 Å². The Hall–Kier alpha value is -2.39. The average molecular weight is 341 g/mol. The van der Waals surface area contributed by atoms with E-state index in [1.165, 1.54) is 20.8 Å². The number of amides is 1. The minimum atomic E-state index is -0.286. The lowest BCUT2D eigenvalue weighted by Gasteiger charge is -2.17. The molecule has 0 spiro atoms. The molecule has 2 aromatic rings. The van der Waals surface area contributed by atoms with Crippen molar-refractivity contribution in [1.29, 1.82) is 5.26 Å². The van der Waals surface area contributed by atoms with E-state index in [1.54, 1.807) is 25.3 Å². The van der Waals surface area contributed by atoms with Crippen LogP contribution >= 0.6 is 11.3 Å². The zero-order chi connectivity index (χ0) is 17.3. The summed E-state index contributed by atoms with van der Waals surface area (Å²) in [7, 11) is 0. The maximum atomic E-state index is 12.3. The number of nitriles is 1. The van der Waals surface area contributed by atoms with Crippen LogP contribution < -0.4 is 10.9 Å². The molecule has 1 N–H and O–H groups in total. The minimum Gasteiger partial charge on any atom is -0.315 e. The normalized spacial score (nSPS) is 16.3. The van der Waals surface area contributed by atoms with Gasteiger partial charge in [-0.25, -0.2) is 0 Å². The number of carbonyl (C=O) groups is 1. The van der Waals surface area contributed by atoms with Crippen LogP contribution in [0, 0.1) is 24.2 Å². The summed E-state index contributed by atoms with van der Waals surface area (Å²) in [5.74, 6) is 0.322. The van der Waals surface area contributed by atoms with Crippen LogP contribution in [0.2, 0.25) is 0 Å². The summed E-state index contributed by atoms with van der Waals surface area (Å²) < 4.78 is 1.38. The number of fused-ring (bicyclic) bond motifs is 1. The fraction of sp³-hybridized carbons (Fsp3) is 0.389. The number of anilines is 1. The molecule has 6 heteroatoms. The molecule has 1 aliphatic carbocycles. The second-order valence-corrected chi connectivity index (χ2v) is 7.45. The molecular weight excluding hydrogens is 322 g/mol. The van der Waals surface area contributed by atoms with Gasteiger partial charge >= 0.3 is 0 Å². The highest BCUT2D eigenvalue weighted by Gasteiger charge is 2.24. The SMILES string of the molecule is Cc1cccn(CC(=O)Nc2sc3c(c2C#N)CCC(C)C3)c1=O. The third-order valence-electron chi connectivity index (χ3n) is 4.40. The Morgan fingerprint density at radius 3 is 3.08 bits per heavy atom.